The van der Waals surface area contributed by atoms with Crippen molar-refractivity contribution in [1.29, 1.82) is 0 Å². The van der Waals surface area contributed by atoms with Crippen LogP contribution in [0.25, 0.3) is 0 Å². The third-order valence-corrected chi connectivity index (χ3v) is 3.17. The first-order valence-corrected chi connectivity index (χ1v) is 6.14. The van der Waals surface area contributed by atoms with Crippen molar-refractivity contribution in [3.05, 3.63) is 29.3 Å². The fourth-order valence-electron chi connectivity index (χ4n) is 2.68. The van der Waals surface area contributed by atoms with Gasteiger partial charge in [0, 0.05) is 19.5 Å². The molecule has 1 aromatic carbocycles. The van der Waals surface area contributed by atoms with E-state index in [1.807, 2.05) is 13.8 Å². The third-order valence-electron chi connectivity index (χ3n) is 3.17. The quantitative estimate of drug-likeness (QED) is 0.665. The van der Waals surface area contributed by atoms with Crippen molar-refractivity contribution in [3.63, 3.8) is 0 Å². The topological polar surface area (TPSA) is 12.5 Å². The average molecular weight is 219 g/mol. The van der Waals surface area contributed by atoms with Crippen LogP contribution in [0.4, 0.5) is 0 Å². The SMILES string of the molecule is CC.Cc1ccc2c(c1)CC1(CN(C)C1)O2. The van der Waals surface area contributed by atoms with E-state index in [4.69, 9.17) is 4.74 Å². The van der Waals surface area contributed by atoms with Crippen molar-refractivity contribution >= 4 is 0 Å². The Labute approximate surface area is 98.2 Å². The molecule has 0 amide bonds. The summed E-state index contributed by atoms with van der Waals surface area (Å²) in [5, 5.41) is 0. The Balaban J connectivity index is 0.000000457. The highest BCUT2D eigenvalue weighted by atomic mass is 16.5. The van der Waals surface area contributed by atoms with Crippen molar-refractivity contribution in [2.24, 2.45) is 0 Å². The number of likely N-dealkylation sites (tertiary alicyclic amines) is 1. The lowest BCUT2D eigenvalue weighted by Crippen LogP contribution is -2.62. The van der Waals surface area contributed by atoms with E-state index in [0.717, 1.165) is 25.3 Å². The van der Waals surface area contributed by atoms with Crippen LogP contribution in [0.1, 0.15) is 25.0 Å². The van der Waals surface area contributed by atoms with Gasteiger partial charge in [-0.3, -0.25) is 4.90 Å². The maximum Gasteiger partial charge on any atom is 0.138 e. The summed E-state index contributed by atoms with van der Waals surface area (Å²) in [7, 11) is 2.14. The van der Waals surface area contributed by atoms with E-state index in [1.165, 1.54) is 11.1 Å². The molecule has 2 aliphatic rings. The molecule has 1 fully saturated rings. The van der Waals surface area contributed by atoms with Gasteiger partial charge in [-0.1, -0.05) is 31.5 Å². The smallest absolute Gasteiger partial charge is 0.138 e. The van der Waals surface area contributed by atoms with E-state index >= 15 is 0 Å². The monoisotopic (exact) mass is 219 g/mol. The number of fused-ring (bicyclic) bond motifs is 1. The molecule has 1 aromatic rings. The lowest BCUT2D eigenvalue weighted by molar-refractivity contribution is -0.0482. The molecule has 1 spiro atoms. The van der Waals surface area contributed by atoms with Gasteiger partial charge in [0.2, 0.25) is 0 Å². The number of benzene rings is 1. The first-order valence-electron chi connectivity index (χ1n) is 6.14. The van der Waals surface area contributed by atoms with Gasteiger partial charge in [-0.25, -0.2) is 0 Å². The van der Waals surface area contributed by atoms with Crippen LogP contribution in [-0.4, -0.2) is 30.6 Å². The molecular weight excluding hydrogens is 198 g/mol. The number of hydrogen-bond acceptors (Lipinski definition) is 2. The molecule has 0 N–H and O–H groups in total. The Morgan fingerprint density at radius 2 is 1.94 bits per heavy atom. The molecule has 0 radical (unpaired) electrons. The van der Waals surface area contributed by atoms with Crippen LogP contribution in [0.15, 0.2) is 18.2 Å². The molecule has 2 heteroatoms. The summed E-state index contributed by atoms with van der Waals surface area (Å²) in [5.41, 5.74) is 2.83. The van der Waals surface area contributed by atoms with Crippen molar-refractivity contribution in [2.75, 3.05) is 20.1 Å². The summed E-state index contributed by atoms with van der Waals surface area (Å²) < 4.78 is 6.01. The van der Waals surface area contributed by atoms with Gasteiger partial charge in [0.1, 0.15) is 11.4 Å². The standard InChI is InChI=1S/C12H15NO.C2H6/c1-9-3-4-11-10(5-9)6-12(14-11)7-13(2)8-12;1-2/h3-5H,6-8H2,1-2H3;1-2H3. The summed E-state index contributed by atoms with van der Waals surface area (Å²) in [4.78, 5) is 2.30. The second-order valence-corrected chi connectivity index (χ2v) is 4.75. The summed E-state index contributed by atoms with van der Waals surface area (Å²) >= 11 is 0. The number of ether oxygens (including phenoxy) is 1. The molecule has 0 bridgehead atoms. The maximum absolute atomic E-state index is 6.01. The van der Waals surface area contributed by atoms with Gasteiger partial charge in [0.05, 0.1) is 0 Å². The molecular formula is C14H21NO. The number of nitrogens with zero attached hydrogens (tertiary/aromatic N) is 1. The minimum absolute atomic E-state index is 0.116. The van der Waals surface area contributed by atoms with Crippen LogP contribution < -0.4 is 4.74 Å². The van der Waals surface area contributed by atoms with Gasteiger partial charge < -0.3 is 4.74 Å². The largest absolute Gasteiger partial charge is 0.484 e. The summed E-state index contributed by atoms with van der Waals surface area (Å²) in [6, 6.07) is 6.49. The highest BCUT2D eigenvalue weighted by Crippen LogP contribution is 2.40. The summed E-state index contributed by atoms with van der Waals surface area (Å²) in [6.45, 7) is 8.28. The van der Waals surface area contributed by atoms with Crippen LogP contribution in [0.3, 0.4) is 0 Å². The molecule has 2 heterocycles. The van der Waals surface area contributed by atoms with Gasteiger partial charge in [-0.2, -0.15) is 0 Å². The number of hydrogen-bond donors (Lipinski definition) is 0. The molecule has 3 rings (SSSR count). The maximum atomic E-state index is 6.01. The Morgan fingerprint density at radius 1 is 1.25 bits per heavy atom. The minimum atomic E-state index is 0.116. The Morgan fingerprint density at radius 3 is 2.56 bits per heavy atom. The highest BCUT2D eigenvalue weighted by Gasteiger charge is 2.47. The van der Waals surface area contributed by atoms with Crippen molar-refractivity contribution in [1.82, 2.24) is 4.90 Å². The summed E-state index contributed by atoms with van der Waals surface area (Å²) in [6.07, 6.45) is 1.09. The molecule has 1 saturated heterocycles. The first-order chi connectivity index (χ1) is 7.67. The van der Waals surface area contributed by atoms with E-state index < -0.39 is 0 Å². The number of aryl methyl sites for hydroxylation is 1. The van der Waals surface area contributed by atoms with E-state index in [2.05, 4.69) is 37.1 Å². The van der Waals surface area contributed by atoms with Crippen LogP contribution in [-0.2, 0) is 6.42 Å². The van der Waals surface area contributed by atoms with E-state index in [-0.39, 0.29) is 5.60 Å². The van der Waals surface area contributed by atoms with Crippen molar-refractivity contribution in [3.8, 4) is 5.75 Å². The predicted octanol–water partition coefficient (Wildman–Crippen LogP) is 2.64. The van der Waals surface area contributed by atoms with Gasteiger partial charge in [-0.05, 0) is 25.6 Å². The van der Waals surface area contributed by atoms with Crippen LogP contribution in [0.2, 0.25) is 0 Å². The third kappa shape index (κ3) is 1.82. The Bertz CT molecular complexity index is 380. The molecule has 0 unspecified atom stereocenters. The van der Waals surface area contributed by atoms with Crippen LogP contribution in [0.5, 0.6) is 5.75 Å². The van der Waals surface area contributed by atoms with Crippen LogP contribution in [0, 0.1) is 6.92 Å². The van der Waals surface area contributed by atoms with Crippen molar-refractivity contribution in [2.45, 2.75) is 32.8 Å². The molecule has 88 valence electrons. The summed E-state index contributed by atoms with van der Waals surface area (Å²) in [5.74, 6) is 1.10. The highest BCUT2D eigenvalue weighted by molar-refractivity contribution is 5.43. The van der Waals surface area contributed by atoms with E-state index in [0.29, 0.717) is 0 Å². The molecule has 0 saturated carbocycles. The molecule has 0 atom stereocenters. The zero-order chi connectivity index (χ0) is 11.8. The molecule has 0 aromatic heterocycles. The first kappa shape index (κ1) is 11.5. The van der Waals surface area contributed by atoms with E-state index in [9.17, 15) is 0 Å². The van der Waals surface area contributed by atoms with Crippen molar-refractivity contribution < 1.29 is 4.74 Å². The normalized spacial score (nSPS) is 20.5. The Hall–Kier alpha value is -1.02. The zero-order valence-electron chi connectivity index (χ0n) is 10.7. The fraction of sp³-hybridized carbons (Fsp3) is 0.571. The Kier molecular flexibility index (Phi) is 2.94. The predicted molar refractivity (Wildman–Crippen MR) is 67.1 cm³/mol. The van der Waals surface area contributed by atoms with Gasteiger partial charge in [0.25, 0.3) is 0 Å². The van der Waals surface area contributed by atoms with Gasteiger partial charge in [0.15, 0.2) is 0 Å². The van der Waals surface area contributed by atoms with E-state index in [1.54, 1.807) is 0 Å². The second kappa shape index (κ2) is 4.10. The molecule has 0 aliphatic carbocycles. The lowest BCUT2D eigenvalue weighted by atomic mass is 9.89. The number of rotatable bonds is 0. The molecule has 2 aliphatic heterocycles. The lowest BCUT2D eigenvalue weighted by Gasteiger charge is -2.44. The molecule has 2 nitrogen and oxygen atoms in total. The number of likely N-dealkylation sites (N-methyl/N-ethyl adjacent to an activating group) is 1. The fourth-order valence-corrected chi connectivity index (χ4v) is 2.68. The zero-order valence-corrected chi connectivity index (χ0v) is 10.7. The molecule has 16 heavy (non-hydrogen) atoms. The van der Waals surface area contributed by atoms with Crippen LogP contribution >= 0.6 is 0 Å². The average Bonchev–Trinajstić information content (AvgIpc) is 2.58. The minimum Gasteiger partial charge on any atom is -0.484 e. The second-order valence-electron chi connectivity index (χ2n) is 4.75. The van der Waals surface area contributed by atoms with Gasteiger partial charge >= 0.3 is 0 Å². The van der Waals surface area contributed by atoms with Gasteiger partial charge in [-0.15, -0.1) is 0 Å².